The minimum Gasteiger partial charge on any atom is -0.479 e. The average molecular weight is 315 g/mol. The Labute approximate surface area is 125 Å². The molecule has 0 bridgehead atoms. The van der Waals surface area contributed by atoms with Gasteiger partial charge < -0.3 is 10.4 Å². The maximum absolute atomic E-state index is 13.3. The minimum absolute atomic E-state index is 0.0446. The summed E-state index contributed by atoms with van der Waals surface area (Å²) in [7, 11) is 0. The zero-order chi connectivity index (χ0) is 16.8. The van der Waals surface area contributed by atoms with Gasteiger partial charge in [-0.15, -0.1) is 0 Å². The molecule has 0 aliphatic heterocycles. The van der Waals surface area contributed by atoms with Gasteiger partial charge in [-0.05, 0) is 18.6 Å². The lowest BCUT2D eigenvalue weighted by Gasteiger charge is -2.31. The van der Waals surface area contributed by atoms with Gasteiger partial charge in [-0.3, -0.25) is 4.79 Å². The van der Waals surface area contributed by atoms with Crippen LogP contribution in [0.1, 0.15) is 30.1 Å². The van der Waals surface area contributed by atoms with Gasteiger partial charge in [-0.2, -0.15) is 13.2 Å². The molecular weight excluding hydrogens is 299 g/mol. The van der Waals surface area contributed by atoms with Crippen LogP contribution >= 0.6 is 0 Å². The molecule has 0 heterocycles. The molecule has 120 valence electrons. The van der Waals surface area contributed by atoms with Crippen LogP contribution in [0.4, 0.5) is 13.2 Å². The van der Waals surface area contributed by atoms with Gasteiger partial charge in [0.1, 0.15) is 0 Å². The zero-order valence-corrected chi connectivity index (χ0v) is 11.9. The fourth-order valence-electron chi connectivity index (χ4n) is 1.78. The topological polar surface area (TPSA) is 66.4 Å². The molecule has 22 heavy (non-hydrogen) atoms. The van der Waals surface area contributed by atoms with E-state index in [1.54, 1.807) is 18.3 Å². The zero-order valence-electron chi connectivity index (χ0n) is 11.9. The van der Waals surface area contributed by atoms with E-state index in [0.717, 1.165) is 6.08 Å². The number of amides is 1. The normalized spacial score (nSPS) is 14.5. The van der Waals surface area contributed by atoms with Crippen LogP contribution in [-0.4, -0.2) is 28.7 Å². The second-order valence-corrected chi connectivity index (χ2v) is 4.61. The van der Waals surface area contributed by atoms with E-state index < -0.39 is 30.0 Å². The van der Waals surface area contributed by atoms with E-state index >= 15 is 0 Å². The lowest BCUT2D eigenvalue weighted by Crippen LogP contribution is -2.63. The van der Waals surface area contributed by atoms with Gasteiger partial charge in [0, 0.05) is 12.0 Å². The number of carboxylic acid groups (broad SMARTS) is 1. The predicted octanol–water partition coefficient (Wildman–Crippen LogP) is 3.16. The summed E-state index contributed by atoms with van der Waals surface area (Å²) in [6.07, 6.45) is -3.04. The highest BCUT2D eigenvalue weighted by atomic mass is 19.4. The van der Waals surface area contributed by atoms with Gasteiger partial charge >= 0.3 is 12.1 Å². The van der Waals surface area contributed by atoms with Crippen LogP contribution in [0.15, 0.2) is 42.5 Å². The molecule has 1 aromatic carbocycles. The van der Waals surface area contributed by atoms with Crippen molar-refractivity contribution in [2.24, 2.45) is 0 Å². The summed E-state index contributed by atoms with van der Waals surface area (Å²) < 4.78 is 39.9. The Morgan fingerprint density at radius 3 is 2.23 bits per heavy atom. The Morgan fingerprint density at radius 1 is 1.18 bits per heavy atom. The molecule has 0 aromatic heterocycles. The molecular formula is C15H16F3NO3. The quantitative estimate of drug-likeness (QED) is 0.793. The Kier molecular flexibility index (Phi) is 5.73. The van der Waals surface area contributed by atoms with Crippen molar-refractivity contribution in [2.45, 2.75) is 31.5 Å². The Hall–Kier alpha value is -2.31. The van der Waals surface area contributed by atoms with Crippen LogP contribution in [0.2, 0.25) is 0 Å². The number of nitrogens with one attached hydrogen (secondary N) is 1. The Morgan fingerprint density at radius 2 is 1.77 bits per heavy atom. The van der Waals surface area contributed by atoms with Crippen molar-refractivity contribution in [3.63, 3.8) is 0 Å². The van der Waals surface area contributed by atoms with E-state index in [9.17, 15) is 22.8 Å². The largest absolute Gasteiger partial charge is 0.479 e. The predicted molar refractivity (Wildman–Crippen MR) is 74.4 cm³/mol. The number of benzene rings is 1. The maximum atomic E-state index is 13.3. The third-order valence-electron chi connectivity index (χ3n) is 3.04. The van der Waals surface area contributed by atoms with Gasteiger partial charge in [0.25, 0.3) is 5.91 Å². The third kappa shape index (κ3) is 3.87. The van der Waals surface area contributed by atoms with Crippen molar-refractivity contribution in [2.75, 3.05) is 0 Å². The number of hydrogen-bond donors (Lipinski definition) is 2. The fraction of sp³-hybridized carbons (Fsp3) is 0.333. The van der Waals surface area contributed by atoms with Crippen LogP contribution in [0.5, 0.6) is 0 Å². The smallest absolute Gasteiger partial charge is 0.422 e. The van der Waals surface area contributed by atoms with E-state index in [-0.39, 0.29) is 5.56 Å². The molecule has 0 spiro atoms. The number of carboxylic acids is 1. The lowest BCUT2D eigenvalue weighted by molar-refractivity contribution is -0.207. The number of halogens is 3. The molecule has 0 saturated carbocycles. The summed E-state index contributed by atoms with van der Waals surface area (Å²) in [4.78, 5) is 23.2. The summed E-state index contributed by atoms with van der Waals surface area (Å²) in [5, 5.41) is 10.7. The molecule has 7 heteroatoms. The van der Waals surface area contributed by atoms with Crippen LogP contribution in [0.3, 0.4) is 0 Å². The second-order valence-electron chi connectivity index (χ2n) is 4.61. The van der Waals surface area contributed by atoms with E-state index in [2.05, 4.69) is 0 Å². The number of allylic oxidation sites excluding steroid dienone is 1. The van der Waals surface area contributed by atoms with Crippen molar-refractivity contribution in [3.8, 4) is 0 Å². The number of carbonyl (C=O) groups is 2. The molecule has 0 fully saturated rings. The molecule has 1 aromatic rings. The third-order valence-corrected chi connectivity index (χ3v) is 3.04. The monoisotopic (exact) mass is 315 g/mol. The first-order valence-corrected chi connectivity index (χ1v) is 6.57. The van der Waals surface area contributed by atoms with E-state index in [1.807, 2.05) is 0 Å². The minimum atomic E-state index is -5.14. The summed E-state index contributed by atoms with van der Waals surface area (Å²) in [6, 6.07) is 7.15. The van der Waals surface area contributed by atoms with Crippen molar-refractivity contribution < 1.29 is 27.9 Å². The number of hydrogen-bond acceptors (Lipinski definition) is 2. The van der Waals surface area contributed by atoms with Gasteiger partial charge in [0.2, 0.25) is 5.54 Å². The molecule has 1 rings (SSSR count). The first-order valence-electron chi connectivity index (χ1n) is 6.57. The average Bonchev–Trinajstić information content (AvgIpc) is 2.45. The maximum Gasteiger partial charge on any atom is 0.422 e. The van der Waals surface area contributed by atoms with Gasteiger partial charge in [0.15, 0.2) is 0 Å². The molecule has 2 N–H and O–H groups in total. The molecule has 4 nitrogen and oxygen atoms in total. The molecule has 0 radical (unpaired) electrons. The summed E-state index contributed by atoms with van der Waals surface area (Å²) >= 11 is 0. The molecule has 1 atom stereocenters. The lowest BCUT2D eigenvalue weighted by atomic mass is 9.93. The van der Waals surface area contributed by atoms with Gasteiger partial charge in [0.05, 0.1) is 0 Å². The van der Waals surface area contributed by atoms with E-state index in [4.69, 9.17) is 5.11 Å². The van der Waals surface area contributed by atoms with Crippen molar-refractivity contribution in [1.29, 1.82) is 0 Å². The molecule has 0 saturated heterocycles. The van der Waals surface area contributed by atoms with Crippen LogP contribution in [0, 0.1) is 0 Å². The van der Waals surface area contributed by atoms with Crippen LogP contribution < -0.4 is 5.32 Å². The summed E-state index contributed by atoms with van der Waals surface area (Å²) in [5.41, 5.74) is -3.40. The highest BCUT2D eigenvalue weighted by molar-refractivity contribution is 5.98. The SMILES string of the molecule is CC/C=C/CC(NC(=O)c1ccccc1)(C(=O)O)C(F)(F)F. The van der Waals surface area contributed by atoms with Crippen LogP contribution in [-0.2, 0) is 4.79 Å². The first kappa shape index (κ1) is 17.7. The van der Waals surface area contributed by atoms with Crippen LogP contribution in [0.25, 0.3) is 0 Å². The molecule has 0 aliphatic rings. The van der Waals surface area contributed by atoms with Crippen molar-refractivity contribution in [1.82, 2.24) is 5.32 Å². The fourth-order valence-corrected chi connectivity index (χ4v) is 1.78. The standard InChI is InChI=1S/C15H16F3NO3/c1-2-3-7-10-14(13(21)22,15(16,17)18)19-12(20)11-8-5-4-6-9-11/h3-9H,2,10H2,1H3,(H,19,20)(H,21,22)/b7-3+. The van der Waals surface area contributed by atoms with Gasteiger partial charge in [-0.1, -0.05) is 37.3 Å². The highest BCUT2D eigenvalue weighted by Gasteiger charge is 2.61. The number of rotatable bonds is 6. The Bertz CT molecular complexity index is 555. The van der Waals surface area contributed by atoms with E-state index in [0.29, 0.717) is 6.42 Å². The summed E-state index contributed by atoms with van der Waals surface area (Å²) in [6.45, 7) is 1.70. The van der Waals surface area contributed by atoms with Gasteiger partial charge in [-0.25, -0.2) is 4.79 Å². The highest BCUT2D eigenvalue weighted by Crippen LogP contribution is 2.34. The van der Waals surface area contributed by atoms with E-state index in [1.165, 1.54) is 30.3 Å². The van der Waals surface area contributed by atoms with Crippen molar-refractivity contribution in [3.05, 3.63) is 48.0 Å². The number of aliphatic carboxylic acids is 1. The van der Waals surface area contributed by atoms with Crippen molar-refractivity contribution >= 4 is 11.9 Å². The first-order chi connectivity index (χ1) is 10.2. The summed E-state index contributed by atoms with van der Waals surface area (Å²) in [5.74, 6) is -3.24. The molecule has 0 aliphatic carbocycles. The molecule has 1 amide bonds. The second kappa shape index (κ2) is 7.11. The Balaban J connectivity index is 3.17. The number of alkyl halides is 3. The number of carbonyl (C=O) groups excluding carboxylic acids is 1. The molecule has 1 unspecified atom stereocenters.